The molecule has 4 aromatic rings. The maximum Gasteiger partial charge on any atom is 0.229 e. The quantitative estimate of drug-likeness (QED) is 0.220. The molecule has 1 N–H and O–H groups in total. The number of hydrogen-bond donors (Lipinski definition) is 1. The highest BCUT2D eigenvalue weighted by Gasteiger charge is 2.19. The summed E-state index contributed by atoms with van der Waals surface area (Å²) in [4.78, 5) is 14.0. The monoisotopic (exact) mass is 602 g/mol. The second-order valence-corrected chi connectivity index (χ2v) is 10.5. The standard InChI is InChI=1S/C30H31BrN6O3/c31-25-8-9-27(40-21-23-6-3-5-22-4-1-2-7-26(22)23)24(18-25)20-32-35-28-19-29(36-10-14-38-15-11-36)34-30(33-28)37-12-16-39-17-13-37/h1-9,18-20H,10-17,21H2,(H,33,34,35)/b32-20-. The molecule has 3 aromatic carbocycles. The van der Waals surface area contributed by atoms with E-state index in [9.17, 15) is 0 Å². The zero-order chi connectivity index (χ0) is 27.1. The number of hydrogen-bond acceptors (Lipinski definition) is 9. The van der Waals surface area contributed by atoms with Crippen molar-refractivity contribution in [2.45, 2.75) is 6.61 Å². The third-order valence-electron chi connectivity index (χ3n) is 6.95. The zero-order valence-corrected chi connectivity index (χ0v) is 23.7. The second-order valence-electron chi connectivity index (χ2n) is 9.59. The Morgan fingerprint density at radius 2 is 1.62 bits per heavy atom. The topological polar surface area (TPSA) is 84.3 Å². The molecule has 0 spiro atoms. The Morgan fingerprint density at radius 3 is 2.45 bits per heavy atom. The van der Waals surface area contributed by atoms with Crippen LogP contribution >= 0.6 is 15.9 Å². The molecule has 2 aliphatic rings. The maximum absolute atomic E-state index is 6.28. The summed E-state index contributed by atoms with van der Waals surface area (Å²) in [6.45, 7) is 6.23. The van der Waals surface area contributed by atoms with Crippen molar-refractivity contribution in [1.82, 2.24) is 9.97 Å². The van der Waals surface area contributed by atoms with Crippen molar-refractivity contribution < 1.29 is 14.2 Å². The van der Waals surface area contributed by atoms with Crippen molar-refractivity contribution in [3.63, 3.8) is 0 Å². The third kappa shape index (κ3) is 6.35. The number of rotatable bonds is 8. The van der Waals surface area contributed by atoms with Gasteiger partial charge < -0.3 is 24.0 Å². The van der Waals surface area contributed by atoms with Crippen molar-refractivity contribution >= 4 is 50.5 Å². The van der Waals surface area contributed by atoms with Crippen LogP contribution in [0.2, 0.25) is 0 Å². The number of anilines is 3. The Bertz CT molecular complexity index is 1450. The van der Waals surface area contributed by atoms with Gasteiger partial charge in [-0.15, -0.1) is 0 Å². The maximum atomic E-state index is 6.28. The molecule has 2 fully saturated rings. The molecule has 0 amide bonds. The van der Waals surface area contributed by atoms with E-state index in [1.807, 2.05) is 24.3 Å². The van der Waals surface area contributed by atoms with Crippen LogP contribution in [0.25, 0.3) is 10.8 Å². The molecule has 3 heterocycles. The summed E-state index contributed by atoms with van der Waals surface area (Å²) in [5.74, 6) is 2.90. The summed E-state index contributed by atoms with van der Waals surface area (Å²) in [5, 5.41) is 6.93. The molecule has 0 radical (unpaired) electrons. The molecule has 1 aromatic heterocycles. The van der Waals surface area contributed by atoms with Gasteiger partial charge in [0.1, 0.15) is 18.2 Å². The first kappa shape index (κ1) is 26.5. The number of nitrogens with zero attached hydrogens (tertiary/aromatic N) is 5. The van der Waals surface area contributed by atoms with Crippen LogP contribution in [0.5, 0.6) is 5.75 Å². The van der Waals surface area contributed by atoms with E-state index >= 15 is 0 Å². The van der Waals surface area contributed by atoms with Crippen LogP contribution in [-0.2, 0) is 16.1 Å². The molecule has 9 nitrogen and oxygen atoms in total. The molecule has 2 saturated heterocycles. The molecule has 0 unspecified atom stereocenters. The third-order valence-corrected chi connectivity index (χ3v) is 7.44. The fourth-order valence-electron chi connectivity index (χ4n) is 4.83. The number of hydrazone groups is 1. The van der Waals surface area contributed by atoms with Gasteiger partial charge in [-0.25, -0.2) is 0 Å². The highest BCUT2D eigenvalue weighted by Crippen LogP contribution is 2.26. The summed E-state index contributed by atoms with van der Waals surface area (Å²) >= 11 is 3.58. The molecule has 10 heteroatoms. The Balaban J connectivity index is 1.21. The summed E-state index contributed by atoms with van der Waals surface area (Å²) in [5.41, 5.74) is 5.11. The van der Waals surface area contributed by atoms with Gasteiger partial charge in [0, 0.05) is 42.3 Å². The minimum atomic E-state index is 0.453. The summed E-state index contributed by atoms with van der Waals surface area (Å²) in [7, 11) is 0. The van der Waals surface area contributed by atoms with E-state index in [4.69, 9.17) is 24.2 Å². The molecule has 6 rings (SSSR count). The van der Waals surface area contributed by atoms with Crippen LogP contribution in [0.1, 0.15) is 11.1 Å². The molecule has 206 valence electrons. The highest BCUT2D eigenvalue weighted by atomic mass is 79.9. The van der Waals surface area contributed by atoms with Gasteiger partial charge in [-0.3, -0.25) is 5.43 Å². The second kappa shape index (κ2) is 12.6. The van der Waals surface area contributed by atoms with Gasteiger partial charge >= 0.3 is 0 Å². The molecule has 2 aliphatic heterocycles. The molecule has 0 atom stereocenters. The van der Waals surface area contributed by atoms with E-state index in [0.29, 0.717) is 44.8 Å². The van der Waals surface area contributed by atoms with E-state index in [1.165, 1.54) is 10.8 Å². The van der Waals surface area contributed by atoms with Crippen molar-refractivity contribution in [2.75, 3.05) is 67.8 Å². The largest absolute Gasteiger partial charge is 0.488 e. The van der Waals surface area contributed by atoms with Gasteiger partial charge in [0.2, 0.25) is 5.95 Å². The SMILES string of the molecule is Brc1ccc(OCc2cccc3ccccc23)c(/C=N\Nc2cc(N3CCOCC3)nc(N3CCOCC3)n2)c1. The predicted octanol–water partition coefficient (Wildman–Crippen LogP) is 5.09. The summed E-state index contributed by atoms with van der Waals surface area (Å²) in [6.07, 6.45) is 1.76. The minimum Gasteiger partial charge on any atom is -0.488 e. The normalized spacial score (nSPS) is 16.0. The van der Waals surface area contributed by atoms with Gasteiger partial charge in [0.25, 0.3) is 0 Å². The fraction of sp³-hybridized carbons (Fsp3) is 0.300. The predicted molar refractivity (Wildman–Crippen MR) is 162 cm³/mol. The number of nitrogens with one attached hydrogen (secondary N) is 1. The Kier molecular flexibility index (Phi) is 8.36. The first-order valence-electron chi connectivity index (χ1n) is 13.5. The lowest BCUT2D eigenvalue weighted by Gasteiger charge is -2.31. The van der Waals surface area contributed by atoms with E-state index < -0.39 is 0 Å². The van der Waals surface area contributed by atoms with Crippen LogP contribution in [0, 0.1) is 0 Å². The number of fused-ring (bicyclic) bond motifs is 1. The molecular formula is C30H31BrN6O3. The smallest absolute Gasteiger partial charge is 0.229 e. The average Bonchev–Trinajstić information content (AvgIpc) is 3.01. The van der Waals surface area contributed by atoms with Crippen molar-refractivity contribution in [3.05, 3.63) is 82.3 Å². The van der Waals surface area contributed by atoms with Gasteiger partial charge in [0.05, 0.1) is 32.6 Å². The van der Waals surface area contributed by atoms with Gasteiger partial charge in [-0.1, -0.05) is 58.4 Å². The highest BCUT2D eigenvalue weighted by molar-refractivity contribution is 9.10. The van der Waals surface area contributed by atoms with Crippen LogP contribution in [0.3, 0.4) is 0 Å². The first-order valence-corrected chi connectivity index (χ1v) is 14.2. The fourth-order valence-corrected chi connectivity index (χ4v) is 5.21. The lowest BCUT2D eigenvalue weighted by Crippen LogP contribution is -2.39. The van der Waals surface area contributed by atoms with Crippen LogP contribution in [0.15, 0.2) is 76.3 Å². The lowest BCUT2D eigenvalue weighted by atomic mass is 10.1. The molecule has 0 saturated carbocycles. The zero-order valence-electron chi connectivity index (χ0n) is 22.1. The van der Waals surface area contributed by atoms with Gasteiger partial charge in [-0.05, 0) is 34.5 Å². The molecular weight excluding hydrogens is 572 g/mol. The Labute approximate surface area is 241 Å². The number of aromatic nitrogens is 2. The van der Waals surface area contributed by atoms with Gasteiger partial charge in [-0.2, -0.15) is 15.1 Å². The van der Waals surface area contributed by atoms with Crippen LogP contribution in [-0.4, -0.2) is 68.8 Å². The molecule has 0 aliphatic carbocycles. The Hall–Kier alpha value is -3.73. The van der Waals surface area contributed by atoms with Gasteiger partial charge in [0.15, 0.2) is 5.82 Å². The van der Waals surface area contributed by atoms with E-state index in [2.05, 4.69) is 78.7 Å². The van der Waals surface area contributed by atoms with Crippen LogP contribution < -0.4 is 20.0 Å². The van der Waals surface area contributed by atoms with Crippen molar-refractivity contribution in [1.29, 1.82) is 0 Å². The van der Waals surface area contributed by atoms with E-state index in [-0.39, 0.29) is 0 Å². The summed E-state index contributed by atoms with van der Waals surface area (Å²) in [6, 6.07) is 22.5. The lowest BCUT2D eigenvalue weighted by molar-refractivity contribution is 0.121. The Morgan fingerprint density at radius 1 is 0.875 bits per heavy atom. The number of benzene rings is 3. The first-order chi connectivity index (χ1) is 19.7. The number of morpholine rings is 2. The van der Waals surface area contributed by atoms with E-state index in [1.54, 1.807) is 6.21 Å². The number of ether oxygens (including phenoxy) is 3. The summed E-state index contributed by atoms with van der Waals surface area (Å²) < 4.78 is 18.3. The molecule has 40 heavy (non-hydrogen) atoms. The van der Waals surface area contributed by atoms with Crippen molar-refractivity contribution in [3.8, 4) is 5.75 Å². The molecule has 0 bridgehead atoms. The average molecular weight is 604 g/mol. The minimum absolute atomic E-state index is 0.453. The van der Waals surface area contributed by atoms with Crippen molar-refractivity contribution in [2.24, 2.45) is 5.10 Å². The van der Waals surface area contributed by atoms with Crippen LogP contribution in [0.4, 0.5) is 17.6 Å². The van der Waals surface area contributed by atoms with E-state index in [0.717, 1.165) is 53.3 Å². The number of halogens is 1.